The van der Waals surface area contributed by atoms with Gasteiger partial charge >= 0.3 is 5.97 Å². The van der Waals surface area contributed by atoms with Crippen molar-refractivity contribution in [3.63, 3.8) is 0 Å². The highest BCUT2D eigenvalue weighted by molar-refractivity contribution is 5.87. The fourth-order valence-corrected chi connectivity index (χ4v) is 2.69. The molecule has 0 spiro atoms. The molecule has 0 atom stereocenters. The second kappa shape index (κ2) is 8.58. The molecule has 0 radical (unpaired) electrons. The van der Waals surface area contributed by atoms with Gasteiger partial charge in [0, 0.05) is 12.0 Å². The minimum absolute atomic E-state index is 0.119. The van der Waals surface area contributed by atoms with Gasteiger partial charge in [-0.2, -0.15) is 0 Å². The maximum absolute atomic E-state index is 12.3. The zero-order chi connectivity index (χ0) is 20.0. The van der Waals surface area contributed by atoms with Crippen molar-refractivity contribution in [3.8, 4) is 11.5 Å². The van der Waals surface area contributed by atoms with Gasteiger partial charge in [0.15, 0.2) is 11.5 Å². The first-order valence-corrected chi connectivity index (χ1v) is 8.58. The van der Waals surface area contributed by atoms with Crippen LogP contribution in [0.25, 0.3) is 0 Å². The molecule has 2 rings (SSSR count). The van der Waals surface area contributed by atoms with Gasteiger partial charge in [-0.15, -0.1) is 0 Å². The first kappa shape index (κ1) is 20.3. The monoisotopic (exact) mass is 371 g/mol. The number of ether oxygens (including phenoxy) is 2. The number of aromatic carboxylic acids is 1. The average molecular weight is 371 g/mol. The molecule has 0 saturated carbocycles. The first-order chi connectivity index (χ1) is 12.8. The van der Waals surface area contributed by atoms with Crippen LogP contribution in [0.5, 0.6) is 11.5 Å². The lowest BCUT2D eigenvalue weighted by Crippen LogP contribution is -2.37. The molecule has 0 aliphatic rings. The van der Waals surface area contributed by atoms with Gasteiger partial charge in [0.25, 0.3) is 0 Å². The topological polar surface area (TPSA) is 84.9 Å². The Bertz CT molecular complexity index is 812. The summed E-state index contributed by atoms with van der Waals surface area (Å²) >= 11 is 0. The van der Waals surface area contributed by atoms with Crippen molar-refractivity contribution in [2.24, 2.45) is 0 Å². The van der Waals surface area contributed by atoms with E-state index in [0.717, 1.165) is 11.1 Å². The summed E-state index contributed by atoms with van der Waals surface area (Å²) in [6.07, 6.45) is 0.196. The Balaban J connectivity index is 1.99. The number of carbonyl (C=O) groups is 2. The van der Waals surface area contributed by atoms with Gasteiger partial charge in [0.2, 0.25) is 5.91 Å². The number of carboxylic acid groups (broad SMARTS) is 1. The average Bonchev–Trinajstić information content (AvgIpc) is 2.66. The summed E-state index contributed by atoms with van der Waals surface area (Å²) in [5.41, 5.74) is 1.68. The van der Waals surface area contributed by atoms with Crippen LogP contribution in [0.4, 0.5) is 0 Å². The highest BCUT2D eigenvalue weighted by Crippen LogP contribution is 2.32. The van der Waals surface area contributed by atoms with Crippen LogP contribution in [-0.2, 0) is 16.6 Å². The number of amides is 1. The normalized spacial score (nSPS) is 11.0. The zero-order valence-electron chi connectivity index (χ0n) is 16.0. The van der Waals surface area contributed by atoms with Crippen LogP contribution < -0.4 is 14.8 Å². The lowest BCUT2D eigenvalue weighted by atomic mass is 9.84. The van der Waals surface area contributed by atoms with E-state index in [9.17, 15) is 9.59 Å². The molecule has 6 heteroatoms. The van der Waals surface area contributed by atoms with E-state index in [0.29, 0.717) is 18.0 Å². The third-order valence-electron chi connectivity index (χ3n) is 4.46. The summed E-state index contributed by atoms with van der Waals surface area (Å²) in [6.45, 7) is 4.53. The summed E-state index contributed by atoms with van der Waals surface area (Å²) in [7, 11) is 3.18. The number of carbonyl (C=O) groups excluding carboxylic acids is 1. The summed E-state index contributed by atoms with van der Waals surface area (Å²) < 4.78 is 10.6. The van der Waals surface area contributed by atoms with Crippen molar-refractivity contribution in [1.29, 1.82) is 0 Å². The van der Waals surface area contributed by atoms with Crippen molar-refractivity contribution in [1.82, 2.24) is 5.32 Å². The summed E-state index contributed by atoms with van der Waals surface area (Å²) in [5, 5.41) is 11.9. The Morgan fingerprint density at radius 3 is 2.19 bits per heavy atom. The Morgan fingerprint density at radius 1 is 1.00 bits per heavy atom. The molecule has 2 aromatic rings. The molecule has 0 unspecified atom stereocenters. The van der Waals surface area contributed by atoms with E-state index in [1.807, 2.05) is 32.0 Å². The van der Waals surface area contributed by atoms with Crippen LogP contribution >= 0.6 is 0 Å². The molecule has 0 aliphatic heterocycles. The molecule has 0 saturated heterocycles. The molecular formula is C21H25NO5. The number of benzene rings is 2. The Labute approximate surface area is 159 Å². The number of hydrogen-bond donors (Lipinski definition) is 2. The molecule has 0 bridgehead atoms. The van der Waals surface area contributed by atoms with Crippen LogP contribution in [0.3, 0.4) is 0 Å². The van der Waals surface area contributed by atoms with Crippen molar-refractivity contribution in [3.05, 3.63) is 59.2 Å². The van der Waals surface area contributed by atoms with Crippen LogP contribution in [0.1, 0.15) is 35.3 Å². The molecule has 0 fully saturated rings. The summed E-state index contributed by atoms with van der Waals surface area (Å²) in [6, 6.07) is 12.0. The molecule has 1 amide bonds. The molecular weight excluding hydrogens is 346 g/mol. The van der Waals surface area contributed by atoms with Gasteiger partial charge < -0.3 is 19.9 Å². The van der Waals surface area contributed by atoms with Crippen LogP contribution in [0, 0.1) is 0 Å². The number of methoxy groups -OCH3 is 2. The van der Waals surface area contributed by atoms with Crippen molar-refractivity contribution >= 4 is 11.9 Å². The van der Waals surface area contributed by atoms with Crippen LogP contribution in [-0.4, -0.2) is 37.7 Å². The largest absolute Gasteiger partial charge is 0.493 e. The third kappa shape index (κ3) is 5.23. The van der Waals surface area contributed by atoms with Crippen molar-refractivity contribution < 1.29 is 24.2 Å². The lowest BCUT2D eigenvalue weighted by molar-refractivity contribution is -0.120. The fourth-order valence-electron chi connectivity index (χ4n) is 2.69. The maximum Gasteiger partial charge on any atom is 0.335 e. The van der Waals surface area contributed by atoms with Gasteiger partial charge in [-0.3, -0.25) is 4.79 Å². The number of carboxylic acids is 1. The van der Waals surface area contributed by atoms with E-state index >= 15 is 0 Å². The molecule has 2 N–H and O–H groups in total. The molecule has 2 aromatic carbocycles. The van der Waals surface area contributed by atoms with E-state index < -0.39 is 5.97 Å². The molecule has 144 valence electrons. The SMILES string of the molecule is COc1ccc(C(C)(C)CNC(=O)Cc2ccc(C(=O)O)cc2)cc1OC. The third-order valence-corrected chi connectivity index (χ3v) is 4.46. The minimum atomic E-state index is -0.984. The predicted octanol–water partition coefficient (Wildman–Crippen LogP) is 3.04. The zero-order valence-corrected chi connectivity index (χ0v) is 16.0. The highest BCUT2D eigenvalue weighted by Gasteiger charge is 2.23. The quantitative estimate of drug-likeness (QED) is 0.745. The number of nitrogens with one attached hydrogen (secondary N) is 1. The van der Waals surface area contributed by atoms with E-state index in [2.05, 4.69) is 5.32 Å². The molecule has 0 aliphatic carbocycles. The maximum atomic E-state index is 12.3. The van der Waals surface area contributed by atoms with Gasteiger partial charge in [-0.25, -0.2) is 4.79 Å². The first-order valence-electron chi connectivity index (χ1n) is 8.58. The fraction of sp³-hybridized carbons (Fsp3) is 0.333. The van der Waals surface area contributed by atoms with Crippen LogP contribution in [0.15, 0.2) is 42.5 Å². The number of rotatable bonds is 8. The summed E-state index contributed by atoms with van der Waals surface area (Å²) in [5.74, 6) is 0.202. The van der Waals surface area contributed by atoms with Gasteiger partial charge in [-0.1, -0.05) is 32.0 Å². The Hall–Kier alpha value is -3.02. The number of hydrogen-bond acceptors (Lipinski definition) is 4. The van der Waals surface area contributed by atoms with E-state index in [1.165, 1.54) is 12.1 Å². The van der Waals surface area contributed by atoms with Crippen molar-refractivity contribution in [2.45, 2.75) is 25.7 Å². The Morgan fingerprint density at radius 2 is 1.63 bits per heavy atom. The molecule has 0 aromatic heterocycles. The minimum Gasteiger partial charge on any atom is -0.493 e. The van der Waals surface area contributed by atoms with Gasteiger partial charge in [0.05, 0.1) is 26.2 Å². The van der Waals surface area contributed by atoms with E-state index in [-0.39, 0.29) is 23.3 Å². The van der Waals surface area contributed by atoms with Gasteiger partial charge in [0.1, 0.15) is 0 Å². The van der Waals surface area contributed by atoms with Gasteiger partial charge in [-0.05, 0) is 35.4 Å². The smallest absolute Gasteiger partial charge is 0.335 e. The molecule has 6 nitrogen and oxygen atoms in total. The standard InChI is InChI=1S/C21H25NO5/c1-21(2,16-9-10-17(26-3)18(12-16)27-4)13-22-19(23)11-14-5-7-15(8-6-14)20(24)25/h5-10,12H,11,13H2,1-4H3,(H,22,23)(H,24,25). The summed E-state index contributed by atoms with van der Waals surface area (Å²) in [4.78, 5) is 23.1. The van der Waals surface area contributed by atoms with E-state index in [1.54, 1.807) is 26.4 Å². The van der Waals surface area contributed by atoms with Crippen LogP contribution in [0.2, 0.25) is 0 Å². The Kier molecular flexibility index (Phi) is 6.45. The second-order valence-corrected chi connectivity index (χ2v) is 6.91. The molecule has 0 heterocycles. The second-order valence-electron chi connectivity index (χ2n) is 6.91. The van der Waals surface area contributed by atoms with Crippen molar-refractivity contribution in [2.75, 3.05) is 20.8 Å². The predicted molar refractivity (Wildman–Crippen MR) is 103 cm³/mol. The highest BCUT2D eigenvalue weighted by atomic mass is 16.5. The molecule has 27 heavy (non-hydrogen) atoms. The lowest BCUT2D eigenvalue weighted by Gasteiger charge is -2.26. The van der Waals surface area contributed by atoms with E-state index in [4.69, 9.17) is 14.6 Å².